The van der Waals surface area contributed by atoms with Gasteiger partial charge in [0.2, 0.25) is 0 Å². The number of carbonyl (C=O) groups is 1. The molecule has 0 saturated heterocycles. The Morgan fingerprint density at radius 2 is 1.39 bits per heavy atom. The van der Waals surface area contributed by atoms with Gasteiger partial charge in [0.1, 0.15) is 18.3 Å². The number of rotatable bonds is 28. The molecule has 41 heavy (non-hydrogen) atoms. The third-order valence-electron chi connectivity index (χ3n) is 7.09. The number of unbranched alkanes of at least 4 members (excludes halogenated alkanes) is 15. The van der Waals surface area contributed by atoms with Crippen LogP contribution in [0.25, 0.3) is 0 Å². The van der Waals surface area contributed by atoms with Crippen molar-refractivity contribution in [3.8, 4) is 0 Å². The van der Waals surface area contributed by atoms with Gasteiger partial charge in [-0.25, -0.2) is 13.9 Å². The fourth-order valence-corrected chi connectivity index (χ4v) is 5.27. The van der Waals surface area contributed by atoms with Crippen LogP contribution in [0.3, 0.4) is 0 Å². The van der Waals surface area contributed by atoms with E-state index < -0.39 is 19.9 Å². The zero-order chi connectivity index (χ0) is 30.0. The van der Waals surface area contributed by atoms with Crippen molar-refractivity contribution < 1.29 is 42.1 Å². The molecule has 1 rings (SSSR count). The molecule has 1 heterocycles. The highest BCUT2D eigenvalue weighted by Gasteiger charge is 2.24. The lowest BCUT2D eigenvalue weighted by atomic mass is 10.0. The van der Waals surface area contributed by atoms with Gasteiger partial charge in [-0.1, -0.05) is 103 Å². The summed E-state index contributed by atoms with van der Waals surface area (Å²) in [7, 11) is -1.43. The van der Waals surface area contributed by atoms with Crippen molar-refractivity contribution in [3.05, 3.63) is 30.1 Å². The van der Waals surface area contributed by atoms with E-state index in [0.717, 1.165) is 12.8 Å². The first-order valence-electron chi connectivity index (χ1n) is 15.7. The summed E-state index contributed by atoms with van der Waals surface area (Å²) in [4.78, 5) is 21.6. The number of ether oxygens (including phenoxy) is 3. The first-order chi connectivity index (χ1) is 19.9. The van der Waals surface area contributed by atoms with Crippen molar-refractivity contribution in [3.63, 3.8) is 0 Å². The topological polar surface area (TPSA) is 104 Å². The lowest BCUT2D eigenvalue weighted by molar-refractivity contribution is -0.697. The van der Waals surface area contributed by atoms with E-state index in [0.29, 0.717) is 12.2 Å². The summed E-state index contributed by atoms with van der Waals surface area (Å²) in [5, 5.41) is 0. The van der Waals surface area contributed by atoms with Gasteiger partial charge in [-0.15, -0.1) is 0 Å². The van der Waals surface area contributed by atoms with E-state index in [1.807, 2.05) is 0 Å². The van der Waals surface area contributed by atoms with E-state index in [9.17, 15) is 14.3 Å². The Kier molecular flexibility index (Phi) is 23.1. The Bertz CT molecular complexity index is 825. The van der Waals surface area contributed by atoms with Gasteiger partial charge in [-0.05, 0) is 12.5 Å². The third-order valence-corrected chi connectivity index (χ3v) is 8.07. The molecule has 0 bridgehead atoms. The maximum Gasteiger partial charge on any atom is 0.472 e. The zero-order valence-electron chi connectivity index (χ0n) is 25.9. The Balaban J connectivity index is 1.99. The number of hydrogen-bond donors (Lipinski definition) is 1. The van der Waals surface area contributed by atoms with E-state index >= 15 is 0 Å². The number of phosphoric ester groups is 1. The molecule has 1 aromatic rings. The minimum Gasteiger partial charge on any atom is -0.465 e. The van der Waals surface area contributed by atoms with Crippen molar-refractivity contribution in [1.29, 1.82) is 0 Å². The predicted molar refractivity (Wildman–Crippen MR) is 161 cm³/mol. The van der Waals surface area contributed by atoms with Crippen LogP contribution in [0.2, 0.25) is 0 Å². The summed E-state index contributed by atoms with van der Waals surface area (Å²) in [6, 6.07) is 3.31. The van der Waals surface area contributed by atoms with Gasteiger partial charge < -0.3 is 19.1 Å². The number of carbonyl (C=O) groups excluding carboxylic acids is 1. The van der Waals surface area contributed by atoms with Crippen molar-refractivity contribution in [2.45, 2.75) is 122 Å². The fourth-order valence-electron chi connectivity index (χ4n) is 4.53. The molecule has 2 unspecified atom stereocenters. The quantitative estimate of drug-likeness (QED) is 0.0465. The van der Waals surface area contributed by atoms with Gasteiger partial charge in [-0.3, -0.25) is 9.05 Å². The molecule has 0 aliphatic rings. The zero-order valence-corrected chi connectivity index (χ0v) is 26.8. The Morgan fingerprint density at radius 1 is 0.829 bits per heavy atom. The third kappa shape index (κ3) is 21.1. The van der Waals surface area contributed by atoms with E-state index in [-0.39, 0.29) is 26.4 Å². The number of hydrogen-bond acceptors (Lipinski definition) is 7. The minimum atomic E-state index is -4.25. The summed E-state index contributed by atoms with van der Waals surface area (Å²) in [5.41, 5.74) is 0.376. The van der Waals surface area contributed by atoms with Gasteiger partial charge in [0.15, 0.2) is 18.9 Å². The van der Waals surface area contributed by atoms with Crippen LogP contribution < -0.4 is 4.57 Å². The lowest BCUT2D eigenvalue weighted by Crippen LogP contribution is -2.36. The SMILES string of the molecule is CCCCCCCCCCCCCCCCCCOCC(COP(=O)(O)OCC[n+]1cccc(C(=O)OC)c1)OC. The highest BCUT2D eigenvalue weighted by atomic mass is 31.2. The van der Waals surface area contributed by atoms with Crippen LogP contribution in [0.5, 0.6) is 0 Å². The second kappa shape index (κ2) is 25.2. The molecule has 9 nitrogen and oxygen atoms in total. The standard InChI is InChI=1S/C31H56NO8P/c1-4-5-6-7-8-9-10-11-12-13-14-15-16-17-18-19-24-38-27-30(36-2)28-40-41(34,35)39-25-23-32-22-20-21-29(26-32)31(33)37-3/h20-22,26,30H,4-19,23-25,27-28H2,1-3H3/p+1. The Labute approximate surface area is 248 Å². The first-order valence-corrected chi connectivity index (χ1v) is 17.2. The smallest absolute Gasteiger partial charge is 0.465 e. The average molecular weight is 603 g/mol. The second-order valence-electron chi connectivity index (χ2n) is 10.7. The van der Waals surface area contributed by atoms with Gasteiger partial charge in [0.25, 0.3) is 0 Å². The van der Waals surface area contributed by atoms with Crippen molar-refractivity contribution in [2.24, 2.45) is 0 Å². The first kappa shape index (κ1) is 37.7. The molecular formula is C31H57NO8P+. The largest absolute Gasteiger partial charge is 0.472 e. The molecule has 0 aromatic carbocycles. The second-order valence-corrected chi connectivity index (χ2v) is 12.1. The van der Waals surface area contributed by atoms with Crippen LogP contribution in [-0.2, 0) is 34.4 Å². The molecule has 10 heteroatoms. The Hall–Kier alpha value is -1.35. The molecule has 0 amide bonds. The molecule has 238 valence electrons. The molecule has 0 saturated carbocycles. The van der Waals surface area contributed by atoms with Crippen LogP contribution in [0, 0.1) is 0 Å². The molecule has 0 radical (unpaired) electrons. The van der Waals surface area contributed by atoms with Crippen LogP contribution in [0.15, 0.2) is 24.5 Å². The number of nitrogens with zero attached hydrogens (tertiary/aromatic N) is 1. The maximum absolute atomic E-state index is 12.2. The van der Waals surface area contributed by atoms with Gasteiger partial charge in [0.05, 0.1) is 20.3 Å². The highest BCUT2D eigenvalue weighted by molar-refractivity contribution is 7.47. The molecule has 1 N–H and O–H groups in total. The lowest BCUT2D eigenvalue weighted by Gasteiger charge is -2.18. The molecular weight excluding hydrogens is 545 g/mol. The molecule has 0 fully saturated rings. The highest BCUT2D eigenvalue weighted by Crippen LogP contribution is 2.43. The van der Waals surface area contributed by atoms with Crippen LogP contribution in [-0.4, -0.2) is 57.6 Å². The van der Waals surface area contributed by atoms with E-state index in [1.165, 1.54) is 104 Å². The summed E-state index contributed by atoms with van der Waals surface area (Å²) < 4.78 is 39.7. The molecule has 0 aliphatic carbocycles. The van der Waals surface area contributed by atoms with Gasteiger partial charge in [0, 0.05) is 19.8 Å². The summed E-state index contributed by atoms with van der Waals surface area (Å²) in [6.07, 6.45) is 24.1. The number of aromatic nitrogens is 1. The van der Waals surface area contributed by atoms with Crippen molar-refractivity contribution in [2.75, 3.05) is 40.6 Å². The Morgan fingerprint density at radius 3 is 1.93 bits per heavy atom. The maximum atomic E-state index is 12.2. The summed E-state index contributed by atoms with van der Waals surface area (Å²) in [5.74, 6) is -0.459. The summed E-state index contributed by atoms with van der Waals surface area (Å²) in [6.45, 7) is 3.25. The number of pyridine rings is 1. The van der Waals surface area contributed by atoms with Crippen molar-refractivity contribution in [1.82, 2.24) is 0 Å². The number of methoxy groups -OCH3 is 2. The monoisotopic (exact) mass is 602 g/mol. The normalized spacial score (nSPS) is 13.7. The predicted octanol–water partition coefficient (Wildman–Crippen LogP) is 7.19. The number of esters is 1. The number of phosphoric acid groups is 1. The molecule has 0 aliphatic heterocycles. The fraction of sp³-hybridized carbons (Fsp3) is 0.806. The summed E-state index contributed by atoms with van der Waals surface area (Å²) >= 11 is 0. The van der Waals surface area contributed by atoms with Gasteiger partial charge >= 0.3 is 13.8 Å². The van der Waals surface area contributed by atoms with Crippen LogP contribution >= 0.6 is 7.82 Å². The minimum absolute atomic E-state index is 0.0729. The van der Waals surface area contributed by atoms with Crippen molar-refractivity contribution >= 4 is 13.8 Å². The molecule has 2 atom stereocenters. The average Bonchev–Trinajstić information content (AvgIpc) is 2.97. The van der Waals surface area contributed by atoms with E-state index in [4.69, 9.17) is 23.3 Å². The van der Waals surface area contributed by atoms with Crippen LogP contribution in [0.4, 0.5) is 0 Å². The van der Waals surface area contributed by atoms with Gasteiger partial charge in [-0.2, -0.15) is 0 Å². The molecule has 1 aromatic heterocycles. The van der Waals surface area contributed by atoms with E-state index in [1.54, 1.807) is 29.1 Å². The van der Waals surface area contributed by atoms with Crippen LogP contribution in [0.1, 0.15) is 120 Å². The molecule has 0 spiro atoms. The van der Waals surface area contributed by atoms with E-state index in [2.05, 4.69) is 6.92 Å².